The smallest absolute Gasteiger partial charge is 0.260 e. The summed E-state index contributed by atoms with van der Waals surface area (Å²) in [6.07, 6.45) is 3.18. The predicted octanol–water partition coefficient (Wildman–Crippen LogP) is 4.11. The summed E-state index contributed by atoms with van der Waals surface area (Å²) in [5.41, 5.74) is 4.22. The number of ether oxygens (including phenoxy) is 2. The van der Waals surface area contributed by atoms with Gasteiger partial charge >= 0.3 is 0 Å². The summed E-state index contributed by atoms with van der Waals surface area (Å²) < 4.78 is 11.4. The number of rotatable bonds is 9. The van der Waals surface area contributed by atoms with E-state index in [0.717, 1.165) is 54.7 Å². The molecule has 8 heteroatoms. The Morgan fingerprint density at radius 2 is 1.61 bits per heavy atom. The van der Waals surface area contributed by atoms with Crippen LogP contribution in [0.5, 0.6) is 11.5 Å². The van der Waals surface area contributed by atoms with Gasteiger partial charge in [0.2, 0.25) is 5.91 Å². The topological polar surface area (TPSA) is 88.2 Å². The second-order valence-electron chi connectivity index (χ2n) is 9.31. The van der Waals surface area contributed by atoms with Crippen LogP contribution in [0.25, 0.3) is 0 Å². The zero-order valence-corrected chi connectivity index (χ0v) is 22.0. The molecule has 1 N–H and O–H groups in total. The first-order chi connectivity index (χ1) is 17.2. The Hall–Kier alpha value is -3.55. The molecule has 0 saturated carbocycles. The molecular weight excluding hydrogens is 458 g/mol. The Labute approximate surface area is 213 Å². The number of nitrogens with one attached hydrogen (secondary N) is 1. The number of benzene rings is 2. The van der Waals surface area contributed by atoms with Crippen LogP contribution in [0.2, 0.25) is 0 Å². The highest BCUT2D eigenvalue weighted by molar-refractivity contribution is 6.00. The van der Waals surface area contributed by atoms with Crippen LogP contribution in [0.1, 0.15) is 53.2 Å². The summed E-state index contributed by atoms with van der Waals surface area (Å²) in [5, 5.41) is 2.92. The average molecular weight is 496 g/mol. The van der Waals surface area contributed by atoms with Crippen LogP contribution >= 0.6 is 0 Å². The first-order valence-electron chi connectivity index (χ1n) is 12.5. The van der Waals surface area contributed by atoms with E-state index in [1.807, 2.05) is 44.7 Å². The second-order valence-corrected chi connectivity index (χ2v) is 9.31. The lowest BCUT2D eigenvalue weighted by molar-refractivity contribution is -0.134. The maximum absolute atomic E-state index is 13.0. The van der Waals surface area contributed by atoms with Gasteiger partial charge in [0.25, 0.3) is 11.8 Å². The SMILES string of the molecule is CCOc1cc(C(=O)N(C)CC(=O)Nc2c(C)cc(C)cc2C)ccc1OCC(=O)N1CCCCC1. The van der Waals surface area contributed by atoms with Crippen LogP contribution in [0.15, 0.2) is 30.3 Å². The minimum absolute atomic E-state index is 0.0536. The minimum atomic E-state index is -0.320. The molecule has 8 nitrogen and oxygen atoms in total. The van der Waals surface area contributed by atoms with E-state index in [-0.39, 0.29) is 30.9 Å². The average Bonchev–Trinajstić information content (AvgIpc) is 2.85. The number of likely N-dealkylation sites (N-methyl/N-ethyl adjacent to an activating group) is 1. The number of carbonyl (C=O) groups is 3. The molecule has 0 bridgehead atoms. The molecule has 0 aromatic heterocycles. The summed E-state index contributed by atoms with van der Waals surface area (Å²) in [5.74, 6) is 0.145. The van der Waals surface area contributed by atoms with Crippen molar-refractivity contribution in [2.24, 2.45) is 0 Å². The monoisotopic (exact) mass is 495 g/mol. The molecule has 194 valence electrons. The van der Waals surface area contributed by atoms with Gasteiger partial charge in [0.05, 0.1) is 13.2 Å². The van der Waals surface area contributed by atoms with Gasteiger partial charge in [0.1, 0.15) is 0 Å². The summed E-state index contributed by atoms with van der Waals surface area (Å²) in [7, 11) is 1.58. The summed E-state index contributed by atoms with van der Waals surface area (Å²) in [6, 6.07) is 8.87. The number of hydrogen-bond donors (Lipinski definition) is 1. The molecule has 1 aliphatic heterocycles. The fourth-order valence-electron chi connectivity index (χ4n) is 4.47. The van der Waals surface area contributed by atoms with Crippen molar-refractivity contribution in [2.75, 3.05) is 45.2 Å². The van der Waals surface area contributed by atoms with Gasteiger partial charge in [-0.2, -0.15) is 0 Å². The van der Waals surface area contributed by atoms with Gasteiger partial charge in [0.15, 0.2) is 18.1 Å². The Morgan fingerprint density at radius 3 is 2.25 bits per heavy atom. The van der Waals surface area contributed by atoms with Crippen LogP contribution < -0.4 is 14.8 Å². The third kappa shape index (κ3) is 6.99. The Kier molecular flexibility index (Phi) is 9.33. The molecule has 0 unspecified atom stereocenters. The molecule has 0 spiro atoms. The van der Waals surface area contributed by atoms with Crippen LogP contribution in [0.4, 0.5) is 5.69 Å². The van der Waals surface area contributed by atoms with Gasteiger partial charge < -0.3 is 24.6 Å². The van der Waals surface area contributed by atoms with E-state index in [9.17, 15) is 14.4 Å². The van der Waals surface area contributed by atoms with E-state index in [2.05, 4.69) is 5.32 Å². The van der Waals surface area contributed by atoms with Gasteiger partial charge in [-0.15, -0.1) is 0 Å². The highest BCUT2D eigenvalue weighted by Gasteiger charge is 2.20. The van der Waals surface area contributed by atoms with Crippen LogP contribution in [-0.4, -0.2) is 67.4 Å². The van der Waals surface area contributed by atoms with Gasteiger partial charge in [-0.3, -0.25) is 14.4 Å². The van der Waals surface area contributed by atoms with Crippen molar-refractivity contribution in [1.82, 2.24) is 9.80 Å². The molecule has 1 aliphatic rings. The maximum Gasteiger partial charge on any atom is 0.260 e. The van der Waals surface area contributed by atoms with Crippen molar-refractivity contribution in [3.8, 4) is 11.5 Å². The molecule has 0 radical (unpaired) electrons. The number of carbonyl (C=O) groups excluding carboxylic acids is 3. The van der Waals surface area contributed by atoms with Crippen molar-refractivity contribution >= 4 is 23.4 Å². The van der Waals surface area contributed by atoms with Crippen molar-refractivity contribution < 1.29 is 23.9 Å². The van der Waals surface area contributed by atoms with Crippen LogP contribution in [0.3, 0.4) is 0 Å². The largest absolute Gasteiger partial charge is 0.490 e. The molecule has 2 aromatic rings. The molecule has 2 aromatic carbocycles. The summed E-state index contributed by atoms with van der Waals surface area (Å²) >= 11 is 0. The lowest BCUT2D eigenvalue weighted by Gasteiger charge is -2.26. The Morgan fingerprint density at radius 1 is 0.944 bits per heavy atom. The number of likely N-dealkylation sites (tertiary alicyclic amines) is 1. The number of nitrogens with zero attached hydrogens (tertiary/aromatic N) is 2. The minimum Gasteiger partial charge on any atom is -0.490 e. The highest BCUT2D eigenvalue weighted by atomic mass is 16.5. The zero-order valence-electron chi connectivity index (χ0n) is 22.0. The third-order valence-electron chi connectivity index (χ3n) is 6.22. The van der Waals surface area contributed by atoms with E-state index in [0.29, 0.717) is 23.7 Å². The quantitative estimate of drug-likeness (QED) is 0.566. The number of aryl methyl sites for hydroxylation is 3. The van der Waals surface area contributed by atoms with Gasteiger partial charge in [-0.05, 0) is 76.3 Å². The molecule has 1 heterocycles. The normalized spacial score (nSPS) is 13.2. The van der Waals surface area contributed by atoms with Gasteiger partial charge in [-0.25, -0.2) is 0 Å². The fraction of sp³-hybridized carbons (Fsp3) is 0.464. The van der Waals surface area contributed by atoms with Crippen molar-refractivity contribution in [3.05, 3.63) is 52.6 Å². The molecule has 3 rings (SSSR count). The highest BCUT2D eigenvalue weighted by Crippen LogP contribution is 2.29. The van der Waals surface area contributed by atoms with Gasteiger partial charge in [-0.1, -0.05) is 17.7 Å². The first kappa shape index (κ1) is 27.0. The lowest BCUT2D eigenvalue weighted by atomic mass is 10.1. The molecule has 0 atom stereocenters. The lowest BCUT2D eigenvalue weighted by Crippen LogP contribution is -2.38. The molecule has 1 fully saturated rings. The molecule has 36 heavy (non-hydrogen) atoms. The van der Waals surface area contributed by atoms with E-state index in [1.54, 1.807) is 25.2 Å². The molecular formula is C28H37N3O5. The van der Waals surface area contributed by atoms with E-state index in [4.69, 9.17) is 9.47 Å². The van der Waals surface area contributed by atoms with E-state index >= 15 is 0 Å². The van der Waals surface area contributed by atoms with Crippen molar-refractivity contribution in [2.45, 2.75) is 47.0 Å². The summed E-state index contributed by atoms with van der Waals surface area (Å²) in [6.45, 7) is 9.46. The fourth-order valence-corrected chi connectivity index (χ4v) is 4.47. The van der Waals surface area contributed by atoms with E-state index < -0.39 is 0 Å². The first-order valence-corrected chi connectivity index (χ1v) is 12.5. The number of hydrogen-bond acceptors (Lipinski definition) is 5. The number of piperidine rings is 1. The number of amides is 3. The number of anilines is 1. The zero-order chi connectivity index (χ0) is 26.2. The van der Waals surface area contributed by atoms with Crippen LogP contribution in [0, 0.1) is 20.8 Å². The predicted molar refractivity (Wildman–Crippen MR) is 140 cm³/mol. The molecule has 0 aliphatic carbocycles. The van der Waals surface area contributed by atoms with Crippen molar-refractivity contribution in [3.63, 3.8) is 0 Å². The molecule has 3 amide bonds. The second kappa shape index (κ2) is 12.4. The third-order valence-corrected chi connectivity index (χ3v) is 6.22. The Balaban J connectivity index is 1.63. The molecule has 1 saturated heterocycles. The van der Waals surface area contributed by atoms with Gasteiger partial charge in [0, 0.05) is 31.4 Å². The van der Waals surface area contributed by atoms with Crippen molar-refractivity contribution in [1.29, 1.82) is 0 Å². The summed E-state index contributed by atoms with van der Waals surface area (Å²) in [4.78, 5) is 41.3. The Bertz CT molecular complexity index is 1090. The maximum atomic E-state index is 13.0. The van der Waals surface area contributed by atoms with E-state index in [1.165, 1.54) is 4.90 Å². The standard InChI is InChI=1S/C28H37N3O5/c1-6-35-24-16-22(10-11-23(24)36-18-26(33)31-12-8-7-9-13-31)28(34)30(5)17-25(32)29-27-20(3)14-19(2)15-21(27)4/h10-11,14-16H,6-9,12-13,17-18H2,1-5H3,(H,29,32). The van der Waals surface area contributed by atoms with Crippen LogP contribution in [-0.2, 0) is 9.59 Å².